The topological polar surface area (TPSA) is 49.8 Å². The molecule has 4 nitrogen and oxygen atoms in total. The van der Waals surface area contributed by atoms with Crippen LogP contribution in [0.5, 0.6) is 0 Å². The smallest absolute Gasteiger partial charge is 0.308 e. The number of carbonyl (C=O) groups excluding carboxylic acids is 1. The summed E-state index contributed by atoms with van der Waals surface area (Å²) >= 11 is 0. The number of benzene rings is 1. The van der Waals surface area contributed by atoms with Crippen LogP contribution in [-0.2, 0) is 22.4 Å². The van der Waals surface area contributed by atoms with Gasteiger partial charge in [0.25, 0.3) is 0 Å². The number of nitrogens with zero attached hydrogens (tertiary/aromatic N) is 1. The van der Waals surface area contributed by atoms with Gasteiger partial charge < -0.3 is 14.7 Å². The molecular formula is C15H21NO3. The Bertz CT molecular complexity index is 459. The van der Waals surface area contributed by atoms with Gasteiger partial charge in [0.15, 0.2) is 0 Å². The molecule has 0 fully saturated rings. The second kappa shape index (κ2) is 6.06. The molecule has 0 aromatic heterocycles. The molecule has 0 aliphatic heterocycles. The number of rotatable bonds is 5. The van der Waals surface area contributed by atoms with Crippen LogP contribution >= 0.6 is 0 Å². The summed E-state index contributed by atoms with van der Waals surface area (Å²) in [7, 11) is 3.26. The van der Waals surface area contributed by atoms with Gasteiger partial charge in [-0.2, -0.15) is 0 Å². The zero-order valence-corrected chi connectivity index (χ0v) is 11.6. The number of hydrogen-bond acceptors (Lipinski definition) is 4. The van der Waals surface area contributed by atoms with E-state index in [2.05, 4.69) is 22.9 Å². The molecule has 0 amide bonds. The van der Waals surface area contributed by atoms with Crippen molar-refractivity contribution in [3.05, 3.63) is 29.3 Å². The van der Waals surface area contributed by atoms with Crippen molar-refractivity contribution in [3.8, 4) is 0 Å². The number of carbonyl (C=O) groups is 1. The Morgan fingerprint density at radius 2 is 2.16 bits per heavy atom. The Morgan fingerprint density at radius 3 is 2.89 bits per heavy atom. The van der Waals surface area contributed by atoms with Gasteiger partial charge in [-0.3, -0.25) is 4.79 Å². The molecule has 1 aromatic rings. The number of anilines is 1. The number of methoxy groups -OCH3 is 1. The minimum atomic E-state index is -0.703. The van der Waals surface area contributed by atoms with Crippen molar-refractivity contribution in [3.63, 3.8) is 0 Å². The number of likely N-dealkylation sites (N-methyl/N-ethyl adjacent to an activating group) is 1. The van der Waals surface area contributed by atoms with Gasteiger partial charge in [0.2, 0.25) is 0 Å². The third-order valence-corrected chi connectivity index (χ3v) is 3.64. The van der Waals surface area contributed by atoms with E-state index in [0.29, 0.717) is 6.54 Å². The van der Waals surface area contributed by atoms with Crippen molar-refractivity contribution in [1.29, 1.82) is 0 Å². The Morgan fingerprint density at radius 1 is 1.42 bits per heavy atom. The van der Waals surface area contributed by atoms with Crippen LogP contribution in [0.25, 0.3) is 0 Å². The molecule has 1 aliphatic carbocycles. The molecule has 1 aliphatic rings. The first-order valence-electron chi connectivity index (χ1n) is 6.68. The minimum absolute atomic E-state index is 0.0335. The molecule has 1 atom stereocenters. The molecule has 2 rings (SSSR count). The van der Waals surface area contributed by atoms with E-state index in [1.807, 2.05) is 11.9 Å². The molecule has 0 radical (unpaired) electrons. The van der Waals surface area contributed by atoms with Crippen LogP contribution in [0.2, 0.25) is 0 Å². The van der Waals surface area contributed by atoms with Gasteiger partial charge >= 0.3 is 5.97 Å². The third kappa shape index (κ3) is 3.47. The third-order valence-electron chi connectivity index (χ3n) is 3.64. The lowest BCUT2D eigenvalue weighted by Crippen LogP contribution is -2.31. The molecule has 0 spiro atoms. The lowest BCUT2D eigenvalue weighted by molar-refractivity contribution is -0.142. The number of fused-ring (bicyclic) bond motifs is 1. The summed E-state index contributed by atoms with van der Waals surface area (Å²) in [5.41, 5.74) is 3.93. The summed E-state index contributed by atoms with van der Waals surface area (Å²) in [6, 6.07) is 6.43. The van der Waals surface area contributed by atoms with E-state index in [4.69, 9.17) is 0 Å². The number of hydrogen-bond donors (Lipinski definition) is 1. The zero-order valence-electron chi connectivity index (χ0n) is 11.6. The summed E-state index contributed by atoms with van der Waals surface area (Å²) in [6.45, 7) is 0.424. The predicted octanol–water partition coefficient (Wildman–Crippen LogP) is 1.54. The first-order chi connectivity index (χ1) is 9.10. The molecule has 0 saturated carbocycles. The van der Waals surface area contributed by atoms with Crippen molar-refractivity contribution in [2.45, 2.75) is 31.8 Å². The predicted molar refractivity (Wildman–Crippen MR) is 74.4 cm³/mol. The van der Waals surface area contributed by atoms with E-state index >= 15 is 0 Å². The Labute approximate surface area is 114 Å². The van der Waals surface area contributed by atoms with Crippen LogP contribution in [0, 0.1) is 0 Å². The van der Waals surface area contributed by atoms with E-state index in [0.717, 1.165) is 12.1 Å². The van der Waals surface area contributed by atoms with Gasteiger partial charge in [-0.25, -0.2) is 0 Å². The maximum Gasteiger partial charge on any atom is 0.308 e. The van der Waals surface area contributed by atoms with Crippen molar-refractivity contribution >= 4 is 11.7 Å². The summed E-state index contributed by atoms with van der Waals surface area (Å²) in [6.07, 6.45) is 2.87. The molecule has 1 N–H and O–H groups in total. The van der Waals surface area contributed by atoms with Crippen LogP contribution in [0.4, 0.5) is 5.69 Å². The molecule has 1 unspecified atom stereocenters. The maximum atomic E-state index is 11.1. The SMILES string of the molecule is COC(=O)CC(O)CN(C)c1ccc2c(c1)CCC2. The lowest BCUT2D eigenvalue weighted by atomic mass is 10.1. The van der Waals surface area contributed by atoms with Crippen molar-refractivity contribution in [1.82, 2.24) is 0 Å². The largest absolute Gasteiger partial charge is 0.469 e. The van der Waals surface area contributed by atoms with E-state index in [1.165, 1.54) is 31.1 Å². The Balaban J connectivity index is 1.96. The van der Waals surface area contributed by atoms with Gasteiger partial charge in [-0.15, -0.1) is 0 Å². The fourth-order valence-electron chi connectivity index (χ4n) is 2.56. The molecule has 1 aromatic carbocycles. The number of aliphatic hydroxyl groups excluding tert-OH is 1. The highest BCUT2D eigenvalue weighted by Gasteiger charge is 2.16. The van der Waals surface area contributed by atoms with E-state index in [1.54, 1.807) is 0 Å². The fourth-order valence-corrected chi connectivity index (χ4v) is 2.56. The molecule has 104 valence electrons. The van der Waals surface area contributed by atoms with Crippen molar-refractivity contribution in [2.75, 3.05) is 25.6 Å². The van der Waals surface area contributed by atoms with Crippen LogP contribution in [0.3, 0.4) is 0 Å². The monoisotopic (exact) mass is 263 g/mol. The normalized spacial score (nSPS) is 14.9. The molecular weight excluding hydrogens is 242 g/mol. The van der Waals surface area contributed by atoms with Gasteiger partial charge in [-0.1, -0.05) is 6.07 Å². The molecule has 19 heavy (non-hydrogen) atoms. The highest BCUT2D eigenvalue weighted by atomic mass is 16.5. The Hall–Kier alpha value is -1.55. The minimum Gasteiger partial charge on any atom is -0.469 e. The number of ether oxygens (including phenoxy) is 1. The number of aryl methyl sites for hydroxylation is 2. The lowest BCUT2D eigenvalue weighted by Gasteiger charge is -2.23. The van der Waals surface area contributed by atoms with Gasteiger partial charge in [0.1, 0.15) is 0 Å². The zero-order chi connectivity index (χ0) is 13.8. The first kappa shape index (κ1) is 13.9. The van der Waals surface area contributed by atoms with Crippen molar-refractivity contribution in [2.24, 2.45) is 0 Å². The van der Waals surface area contributed by atoms with E-state index in [-0.39, 0.29) is 12.4 Å². The average molecular weight is 263 g/mol. The quantitative estimate of drug-likeness (QED) is 0.819. The average Bonchev–Trinajstić information content (AvgIpc) is 2.85. The second-order valence-corrected chi connectivity index (χ2v) is 5.12. The second-order valence-electron chi connectivity index (χ2n) is 5.12. The molecule has 0 heterocycles. The highest BCUT2D eigenvalue weighted by molar-refractivity contribution is 5.69. The highest BCUT2D eigenvalue weighted by Crippen LogP contribution is 2.26. The summed E-state index contributed by atoms with van der Waals surface area (Å²) in [4.78, 5) is 13.1. The maximum absolute atomic E-state index is 11.1. The van der Waals surface area contributed by atoms with Crippen molar-refractivity contribution < 1.29 is 14.6 Å². The molecule has 4 heteroatoms. The van der Waals surface area contributed by atoms with Crippen LogP contribution in [0.15, 0.2) is 18.2 Å². The van der Waals surface area contributed by atoms with Gasteiger partial charge in [0, 0.05) is 19.3 Å². The standard InChI is InChI=1S/C15H21NO3/c1-16(10-14(17)9-15(18)19-2)13-7-6-11-4-3-5-12(11)8-13/h6-8,14,17H,3-5,9-10H2,1-2H3. The van der Waals surface area contributed by atoms with E-state index in [9.17, 15) is 9.90 Å². The number of esters is 1. The summed E-state index contributed by atoms with van der Waals surface area (Å²) < 4.78 is 4.55. The molecule has 0 bridgehead atoms. The fraction of sp³-hybridized carbons (Fsp3) is 0.533. The van der Waals surface area contributed by atoms with Crippen LogP contribution < -0.4 is 4.90 Å². The van der Waals surface area contributed by atoms with Crippen LogP contribution in [0.1, 0.15) is 24.0 Å². The first-order valence-corrected chi connectivity index (χ1v) is 6.68. The van der Waals surface area contributed by atoms with Crippen LogP contribution in [-0.4, -0.2) is 37.9 Å². The van der Waals surface area contributed by atoms with Gasteiger partial charge in [-0.05, 0) is 42.5 Å². The number of aliphatic hydroxyl groups is 1. The summed E-state index contributed by atoms with van der Waals surface area (Å²) in [5, 5.41) is 9.83. The molecule has 0 saturated heterocycles. The Kier molecular flexibility index (Phi) is 4.43. The van der Waals surface area contributed by atoms with E-state index < -0.39 is 6.10 Å². The summed E-state index contributed by atoms with van der Waals surface area (Å²) in [5.74, 6) is -0.380. The van der Waals surface area contributed by atoms with Gasteiger partial charge in [0.05, 0.1) is 19.6 Å².